The van der Waals surface area contributed by atoms with Crippen molar-refractivity contribution in [2.24, 2.45) is 4.99 Å². The summed E-state index contributed by atoms with van der Waals surface area (Å²) in [6.07, 6.45) is 28.1. The first-order valence-electron chi connectivity index (χ1n) is 11.6. The highest BCUT2D eigenvalue weighted by atomic mass is 16.1. The van der Waals surface area contributed by atoms with Gasteiger partial charge in [-0.3, -0.25) is 4.79 Å². The van der Waals surface area contributed by atoms with Crippen LogP contribution in [0.1, 0.15) is 129 Å². The van der Waals surface area contributed by atoms with Gasteiger partial charge in [-0.05, 0) is 57.8 Å². The largest absolute Gasteiger partial charge is 0.273 e. The molecule has 1 fully saturated rings. The predicted molar refractivity (Wildman–Crippen MR) is 115 cm³/mol. The maximum atomic E-state index is 11.8. The van der Waals surface area contributed by atoms with E-state index in [0.29, 0.717) is 6.42 Å². The zero-order chi connectivity index (χ0) is 18.7. The van der Waals surface area contributed by atoms with Crippen LogP contribution in [0, 0.1) is 0 Å². The number of amides is 1. The van der Waals surface area contributed by atoms with Gasteiger partial charge in [0.25, 0.3) is 0 Å². The molecule has 150 valence electrons. The maximum absolute atomic E-state index is 11.8. The SMILES string of the molecule is CCCCCCCCC=CCCCCCCCC(=O)N=C1CCCCC1. The second-order valence-corrected chi connectivity index (χ2v) is 7.97. The van der Waals surface area contributed by atoms with Crippen LogP contribution in [0.2, 0.25) is 0 Å². The first-order chi connectivity index (χ1) is 12.8. The maximum Gasteiger partial charge on any atom is 0.245 e. The fourth-order valence-electron chi connectivity index (χ4n) is 3.65. The number of carbonyl (C=O) groups excluding carboxylic acids is 1. The third-order valence-electron chi connectivity index (χ3n) is 5.37. The van der Waals surface area contributed by atoms with Crippen molar-refractivity contribution in [2.75, 3.05) is 0 Å². The van der Waals surface area contributed by atoms with Crippen LogP contribution in [-0.2, 0) is 4.79 Å². The van der Waals surface area contributed by atoms with Crippen LogP contribution in [0.15, 0.2) is 17.1 Å². The number of hydrogen-bond donors (Lipinski definition) is 0. The topological polar surface area (TPSA) is 29.4 Å². The van der Waals surface area contributed by atoms with E-state index in [1.807, 2.05) is 0 Å². The average molecular weight is 362 g/mol. The molecule has 0 bridgehead atoms. The van der Waals surface area contributed by atoms with Crippen LogP contribution in [0.4, 0.5) is 0 Å². The van der Waals surface area contributed by atoms with Crippen molar-refractivity contribution in [1.29, 1.82) is 0 Å². The molecule has 1 aliphatic rings. The summed E-state index contributed by atoms with van der Waals surface area (Å²) in [7, 11) is 0. The van der Waals surface area contributed by atoms with Crippen LogP contribution in [0.3, 0.4) is 0 Å². The monoisotopic (exact) mass is 361 g/mol. The van der Waals surface area contributed by atoms with Crippen molar-refractivity contribution >= 4 is 11.6 Å². The molecule has 0 unspecified atom stereocenters. The lowest BCUT2D eigenvalue weighted by Crippen LogP contribution is -2.08. The van der Waals surface area contributed by atoms with Gasteiger partial charge < -0.3 is 0 Å². The quantitative estimate of drug-likeness (QED) is 0.215. The summed E-state index contributed by atoms with van der Waals surface area (Å²) in [5.41, 5.74) is 1.16. The highest BCUT2D eigenvalue weighted by molar-refractivity contribution is 5.95. The molecule has 0 N–H and O–H groups in total. The lowest BCUT2D eigenvalue weighted by molar-refractivity contribution is -0.117. The molecule has 0 aromatic rings. The minimum Gasteiger partial charge on any atom is -0.273 e. The lowest BCUT2D eigenvalue weighted by Gasteiger charge is -2.11. The van der Waals surface area contributed by atoms with E-state index >= 15 is 0 Å². The molecular weight excluding hydrogens is 318 g/mol. The second-order valence-electron chi connectivity index (χ2n) is 7.97. The minimum atomic E-state index is 0.125. The molecule has 26 heavy (non-hydrogen) atoms. The molecule has 0 atom stereocenters. The fourth-order valence-corrected chi connectivity index (χ4v) is 3.65. The first kappa shape index (κ1) is 23.1. The number of nitrogens with zero attached hydrogens (tertiary/aromatic N) is 1. The van der Waals surface area contributed by atoms with Gasteiger partial charge in [-0.1, -0.05) is 76.9 Å². The third kappa shape index (κ3) is 14.3. The van der Waals surface area contributed by atoms with Crippen molar-refractivity contribution in [3.05, 3.63) is 12.2 Å². The number of allylic oxidation sites excluding steroid dienone is 2. The molecule has 0 saturated heterocycles. The molecule has 0 aromatic carbocycles. The normalized spacial score (nSPS) is 14.9. The first-order valence-corrected chi connectivity index (χ1v) is 11.6. The summed E-state index contributed by atoms with van der Waals surface area (Å²) >= 11 is 0. The minimum absolute atomic E-state index is 0.125. The predicted octanol–water partition coefficient (Wildman–Crippen LogP) is 7.96. The molecule has 1 rings (SSSR count). The smallest absolute Gasteiger partial charge is 0.245 e. The van der Waals surface area contributed by atoms with Crippen LogP contribution in [0.25, 0.3) is 0 Å². The zero-order valence-electron chi connectivity index (χ0n) is 17.4. The highest BCUT2D eigenvalue weighted by Crippen LogP contribution is 2.16. The Labute approximate surface area is 162 Å². The van der Waals surface area contributed by atoms with E-state index < -0.39 is 0 Å². The summed E-state index contributed by atoms with van der Waals surface area (Å²) in [5.74, 6) is 0.125. The number of aliphatic imine (C=N–C) groups is 1. The van der Waals surface area contributed by atoms with E-state index in [0.717, 1.165) is 25.0 Å². The Bertz CT molecular complexity index is 389. The summed E-state index contributed by atoms with van der Waals surface area (Å²) in [6, 6.07) is 0. The standard InChI is InChI=1S/C24H43NO/c1-2-3-4-5-6-7-8-9-10-11-12-13-14-15-19-22-24(26)25-23-20-17-16-18-21-23/h9-10H,2-8,11-22H2,1H3. The Kier molecular flexibility index (Phi) is 15.6. The van der Waals surface area contributed by atoms with Crippen molar-refractivity contribution in [1.82, 2.24) is 0 Å². The molecular formula is C24H43NO. The molecule has 0 heterocycles. The Morgan fingerprint density at radius 1 is 0.769 bits per heavy atom. The van der Waals surface area contributed by atoms with Crippen LogP contribution >= 0.6 is 0 Å². The van der Waals surface area contributed by atoms with Crippen molar-refractivity contribution < 1.29 is 4.79 Å². The number of carbonyl (C=O) groups is 1. The van der Waals surface area contributed by atoms with Gasteiger partial charge in [0.05, 0.1) is 0 Å². The van der Waals surface area contributed by atoms with E-state index in [9.17, 15) is 4.79 Å². The molecule has 2 nitrogen and oxygen atoms in total. The third-order valence-corrected chi connectivity index (χ3v) is 5.37. The fraction of sp³-hybridized carbons (Fsp3) is 0.833. The van der Waals surface area contributed by atoms with Crippen LogP contribution < -0.4 is 0 Å². The molecule has 0 aromatic heterocycles. The Hall–Kier alpha value is -0.920. The summed E-state index contributed by atoms with van der Waals surface area (Å²) in [4.78, 5) is 16.2. The van der Waals surface area contributed by atoms with Crippen LogP contribution in [-0.4, -0.2) is 11.6 Å². The van der Waals surface area contributed by atoms with E-state index in [1.165, 1.54) is 96.3 Å². The van der Waals surface area contributed by atoms with Gasteiger partial charge in [0.2, 0.25) is 5.91 Å². The number of unbranched alkanes of at least 4 members (excludes halogenated alkanes) is 11. The summed E-state index contributed by atoms with van der Waals surface area (Å²) in [5, 5.41) is 0. The molecule has 0 spiro atoms. The Morgan fingerprint density at radius 3 is 1.92 bits per heavy atom. The Balaban J connectivity index is 1.83. The molecule has 2 heteroatoms. The van der Waals surface area contributed by atoms with Gasteiger partial charge in [-0.15, -0.1) is 0 Å². The van der Waals surface area contributed by atoms with E-state index in [1.54, 1.807) is 0 Å². The molecule has 1 saturated carbocycles. The number of hydrogen-bond acceptors (Lipinski definition) is 1. The molecule has 0 radical (unpaired) electrons. The molecule has 0 aliphatic heterocycles. The van der Waals surface area contributed by atoms with Crippen molar-refractivity contribution in [2.45, 2.75) is 129 Å². The molecule has 1 aliphatic carbocycles. The van der Waals surface area contributed by atoms with Gasteiger partial charge in [-0.25, -0.2) is 4.99 Å². The van der Waals surface area contributed by atoms with Crippen molar-refractivity contribution in [3.63, 3.8) is 0 Å². The summed E-state index contributed by atoms with van der Waals surface area (Å²) in [6.45, 7) is 2.27. The zero-order valence-corrected chi connectivity index (χ0v) is 17.4. The van der Waals surface area contributed by atoms with Crippen LogP contribution in [0.5, 0.6) is 0 Å². The van der Waals surface area contributed by atoms with E-state index in [4.69, 9.17) is 0 Å². The highest BCUT2D eigenvalue weighted by Gasteiger charge is 2.08. The summed E-state index contributed by atoms with van der Waals surface area (Å²) < 4.78 is 0. The Morgan fingerprint density at radius 2 is 1.31 bits per heavy atom. The second kappa shape index (κ2) is 17.5. The van der Waals surface area contributed by atoms with Gasteiger partial charge in [0, 0.05) is 12.1 Å². The molecule has 1 amide bonds. The number of rotatable bonds is 15. The van der Waals surface area contributed by atoms with Crippen molar-refractivity contribution in [3.8, 4) is 0 Å². The lowest BCUT2D eigenvalue weighted by atomic mass is 9.98. The average Bonchev–Trinajstić information content (AvgIpc) is 2.65. The van der Waals surface area contributed by atoms with Gasteiger partial charge in [0.15, 0.2) is 0 Å². The van der Waals surface area contributed by atoms with Gasteiger partial charge in [0.1, 0.15) is 0 Å². The van der Waals surface area contributed by atoms with Gasteiger partial charge in [-0.2, -0.15) is 0 Å². The van der Waals surface area contributed by atoms with E-state index in [2.05, 4.69) is 24.1 Å². The van der Waals surface area contributed by atoms with E-state index in [-0.39, 0.29) is 5.91 Å². The van der Waals surface area contributed by atoms with Gasteiger partial charge >= 0.3 is 0 Å².